The van der Waals surface area contributed by atoms with Crippen LogP contribution in [0.25, 0.3) is 0 Å². The van der Waals surface area contributed by atoms with Gasteiger partial charge in [0.1, 0.15) is 10.8 Å². The number of hydrogen-bond donors (Lipinski definition) is 2. The van der Waals surface area contributed by atoms with Crippen LogP contribution in [0.2, 0.25) is 0 Å². The van der Waals surface area contributed by atoms with Crippen LogP contribution in [-0.2, 0) is 19.3 Å². The van der Waals surface area contributed by atoms with Crippen LogP contribution in [0.4, 0.5) is 17.6 Å². The Kier molecular flexibility index (Phi) is 7.87. The molecule has 0 aliphatic rings. The fraction of sp³-hybridized carbons (Fsp3) is 0.286. The van der Waals surface area contributed by atoms with E-state index in [4.69, 9.17) is 0 Å². The minimum atomic E-state index is -4.43. The number of aromatic nitrogens is 1. The molecule has 0 amide bonds. The topological polar surface area (TPSA) is 49.3 Å². The number of alkyl halides is 3. The number of rotatable bonds is 4. The van der Waals surface area contributed by atoms with Gasteiger partial charge in [-0.05, 0) is 17.7 Å². The molecule has 10 heteroatoms. The van der Waals surface area contributed by atoms with Crippen molar-refractivity contribution in [1.82, 2.24) is 15.6 Å². The Morgan fingerprint density at radius 3 is 2.33 bits per heavy atom. The average molecular weight is 474 g/mol. The molecule has 132 valence electrons. The van der Waals surface area contributed by atoms with Crippen molar-refractivity contribution in [3.63, 3.8) is 0 Å². The highest BCUT2D eigenvalue weighted by molar-refractivity contribution is 14.0. The van der Waals surface area contributed by atoms with Crippen LogP contribution in [0.15, 0.2) is 34.6 Å². The molecule has 1 aromatic carbocycles. The highest BCUT2D eigenvalue weighted by atomic mass is 127. The minimum Gasteiger partial charge on any atom is -0.352 e. The number of nitrogens with one attached hydrogen (secondary N) is 2. The lowest BCUT2D eigenvalue weighted by atomic mass is 10.2. The molecule has 2 rings (SSSR count). The number of thiazole rings is 1. The van der Waals surface area contributed by atoms with Crippen LogP contribution in [0.1, 0.15) is 16.3 Å². The molecule has 0 atom stereocenters. The number of benzene rings is 1. The highest BCUT2D eigenvalue weighted by Gasteiger charge is 2.33. The molecule has 0 aliphatic carbocycles. The van der Waals surface area contributed by atoms with Gasteiger partial charge in [-0.3, -0.25) is 4.99 Å². The van der Waals surface area contributed by atoms with Crippen molar-refractivity contribution in [2.75, 3.05) is 7.05 Å². The summed E-state index contributed by atoms with van der Waals surface area (Å²) in [6.45, 7) is 0.537. The molecule has 0 saturated carbocycles. The Bertz CT molecular complexity index is 670. The Morgan fingerprint density at radius 1 is 1.17 bits per heavy atom. The van der Waals surface area contributed by atoms with Crippen LogP contribution in [0, 0.1) is 5.82 Å². The summed E-state index contributed by atoms with van der Waals surface area (Å²) < 4.78 is 50.2. The molecule has 0 bridgehead atoms. The number of hydrogen-bond acceptors (Lipinski definition) is 3. The van der Waals surface area contributed by atoms with E-state index in [-0.39, 0.29) is 36.3 Å². The molecule has 0 aliphatic heterocycles. The SMILES string of the molecule is CN=C(NCc1ccc(F)cc1)NCc1nc(C(F)(F)F)cs1.I. The third kappa shape index (κ3) is 6.23. The Labute approximate surface area is 157 Å². The van der Waals surface area contributed by atoms with Gasteiger partial charge >= 0.3 is 6.18 Å². The molecule has 0 fully saturated rings. The lowest BCUT2D eigenvalue weighted by molar-refractivity contribution is -0.140. The highest BCUT2D eigenvalue weighted by Crippen LogP contribution is 2.29. The Morgan fingerprint density at radius 2 is 1.79 bits per heavy atom. The summed E-state index contributed by atoms with van der Waals surface area (Å²) in [4.78, 5) is 7.49. The first-order chi connectivity index (χ1) is 10.9. The second-order valence-electron chi connectivity index (χ2n) is 4.53. The van der Waals surface area contributed by atoms with Crippen LogP contribution >= 0.6 is 35.3 Å². The lowest BCUT2D eigenvalue weighted by Gasteiger charge is -2.11. The van der Waals surface area contributed by atoms with Crippen molar-refractivity contribution in [1.29, 1.82) is 0 Å². The van der Waals surface area contributed by atoms with E-state index in [1.807, 2.05) is 0 Å². The zero-order chi connectivity index (χ0) is 16.9. The van der Waals surface area contributed by atoms with Crippen LogP contribution < -0.4 is 10.6 Å². The van der Waals surface area contributed by atoms with Gasteiger partial charge in [0.05, 0.1) is 6.54 Å². The fourth-order valence-corrected chi connectivity index (χ4v) is 2.43. The second-order valence-corrected chi connectivity index (χ2v) is 5.47. The Hall–Kier alpha value is -1.43. The van der Waals surface area contributed by atoms with Crippen LogP contribution in [0.3, 0.4) is 0 Å². The minimum absolute atomic E-state index is 0. The van der Waals surface area contributed by atoms with Gasteiger partial charge in [-0.25, -0.2) is 9.37 Å². The molecule has 0 unspecified atom stereocenters. The van der Waals surface area contributed by atoms with Crippen LogP contribution in [0.5, 0.6) is 0 Å². The molecule has 0 saturated heterocycles. The van der Waals surface area contributed by atoms with E-state index in [1.165, 1.54) is 12.1 Å². The first-order valence-corrected chi connectivity index (χ1v) is 7.47. The predicted octanol–water partition coefficient (Wildman–Crippen LogP) is 3.78. The van der Waals surface area contributed by atoms with Gasteiger partial charge in [-0.15, -0.1) is 35.3 Å². The van der Waals surface area contributed by atoms with Crippen molar-refractivity contribution < 1.29 is 17.6 Å². The maximum Gasteiger partial charge on any atom is 0.434 e. The molecule has 4 nitrogen and oxygen atoms in total. The molecular weight excluding hydrogens is 459 g/mol. The summed E-state index contributed by atoms with van der Waals surface area (Å²) in [5.41, 5.74) is -0.0449. The molecule has 1 heterocycles. The summed E-state index contributed by atoms with van der Waals surface area (Å²) in [7, 11) is 1.54. The zero-order valence-corrected chi connectivity index (χ0v) is 15.7. The maximum absolute atomic E-state index is 12.8. The van der Waals surface area contributed by atoms with Gasteiger partial charge in [0, 0.05) is 19.0 Å². The zero-order valence-electron chi connectivity index (χ0n) is 12.5. The van der Waals surface area contributed by atoms with Gasteiger partial charge in [-0.2, -0.15) is 13.2 Å². The standard InChI is InChI=1S/C14H14F4N4S.HI/c1-19-13(20-6-9-2-4-10(15)5-3-9)21-7-12-22-11(8-23-12)14(16,17)18;/h2-5,8H,6-7H2,1H3,(H2,19,20,21);1H. The molecule has 2 N–H and O–H groups in total. The summed E-state index contributed by atoms with van der Waals surface area (Å²) in [6, 6.07) is 5.96. The molecule has 0 radical (unpaired) electrons. The maximum atomic E-state index is 12.8. The van der Waals surface area contributed by atoms with E-state index in [0.29, 0.717) is 17.5 Å². The van der Waals surface area contributed by atoms with E-state index in [1.54, 1.807) is 19.2 Å². The van der Waals surface area contributed by atoms with Crippen molar-refractivity contribution in [3.05, 3.63) is 51.7 Å². The first kappa shape index (κ1) is 20.6. The van der Waals surface area contributed by atoms with Crippen molar-refractivity contribution >= 4 is 41.3 Å². The van der Waals surface area contributed by atoms with Crippen molar-refractivity contribution in [3.8, 4) is 0 Å². The molecule has 0 spiro atoms. The number of guanidine groups is 1. The van der Waals surface area contributed by atoms with Gasteiger partial charge in [-0.1, -0.05) is 12.1 Å². The smallest absolute Gasteiger partial charge is 0.352 e. The third-order valence-corrected chi connectivity index (χ3v) is 3.69. The normalized spacial score (nSPS) is 11.8. The molecule has 1 aromatic heterocycles. The number of aliphatic imine (C=N–C) groups is 1. The van der Waals surface area contributed by atoms with E-state index < -0.39 is 11.9 Å². The Balaban J connectivity index is 0.00000288. The van der Waals surface area contributed by atoms with Gasteiger partial charge in [0.25, 0.3) is 0 Å². The van der Waals surface area contributed by atoms with Gasteiger partial charge in [0.15, 0.2) is 11.7 Å². The van der Waals surface area contributed by atoms with Gasteiger partial charge < -0.3 is 10.6 Å². The van der Waals surface area contributed by atoms with E-state index >= 15 is 0 Å². The fourth-order valence-electron chi connectivity index (χ4n) is 1.69. The van der Waals surface area contributed by atoms with Crippen molar-refractivity contribution in [2.45, 2.75) is 19.3 Å². The second kappa shape index (κ2) is 9.16. The molecular formula is C14H15F4IN4S. The van der Waals surface area contributed by atoms with E-state index in [2.05, 4.69) is 20.6 Å². The largest absolute Gasteiger partial charge is 0.434 e. The quantitative estimate of drug-likeness (QED) is 0.307. The number of halogens is 5. The summed E-state index contributed by atoms with van der Waals surface area (Å²) >= 11 is 0.927. The lowest BCUT2D eigenvalue weighted by Crippen LogP contribution is -2.36. The van der Waals surface area contributed by atoms with E-state index in [9.17, 15) is 17.6 Å². The van der Waals surface area contributed by atoms with Crippen molar-refractivity contribution in [2.24, 2.45) is 4.99 Å². The van der Waals surface area contributed by atoms with E-state index in [0.717, 1.165) is 22.3 Å². The predicted molar refractivity (Wildman–Crippen MR) is 96.0 cm³/mol. The summed E-state index contributed by atoms with van der Waals surface area (Å²) in [6.07, 6.45) is -4.43. The molecule has 24 heavy (non-hydrogen) atoms. The summed E-state index contributed by atoms with van der Waals surface area (Å²) in [5, 5.41) is 7.15. The molecule has 2 aromatic rings. The summed E-state index contributed by atoms with van der Waals surface area (Å²) in [5.74, 6) is 0.0959. The van der Waals surface area contributed by atoms with Crippen LogP contribution in [-0.4, -0.2) is 18.0 Å². The van der Waals surface area contributed by atoms with Gasteiger partial charge in [0.2, 0.25) is 0 Å². The number of nitrogens with zero attached hydrogens (tertiary/aromatic N) is 2. The monoisotopic (exact) mass is 474 g/mol. The third-order valence-electron chi connectivity index (χ3n) is 2.85. The first-order valence-electron chi connectivity index (χ1n) is 6.59. The average Bonchev–Trinajstić information content (AvgIpc) is 2.98.